The molecule has 3 rings (SSSR count). The zero-order valence-electron chi connectivity index (χ0n) is 19.3. The molecule has 1 saturated heterocycles. The lowest BCUT2D eigenvalue weighted by atomic mass is 10.2. The van der Waals surface area contributed by atoms with E-state index in [9.17, 15) is 0 Å². The predicted octanol–water partition coefficient (Wildman–Crippen LogP) is 3.30. The van der Waals surface area contributed by atoms with Crippen molar-refractivity contribution in [3.63, 3.8) is 0 Å². The Morgan fingerprint density at radius 2 is 2.03 bits per heavy atom. The molecule has 8 heteroatoms. The summed E-state index contributed by atoms with van der Waals surface area (Å²) in [5.41, 5.74) is 2.10. The topological polar surface area (TPSA) is 71.0 Å². The first-order valence-corrected chi connectivity index (χ1v) is 11.0. The van der Waals surface area contributed by atoms with Crippen LogP contribution in [0.5, 0.6) is 5.88 Å². The lowest BCUT2D eigenvalue weighted by molar-refractivity contribution is -0.0284. The third-order valence-corrected chi connectivity index (χ3v) is 5.08. The molecule has 32 heavy (non-hydrogen) atoms. The predicted molar refractivity (Wildman–Crippen MR) is 140 cm³/mol. The second-order valence-corrected chi connectivity index (χ2v) is 8.19. The largest absolute Gasteiger partial charge is 0.473 e. The Kier molecular flexibility index (Phi) is 11.8. The highest BCUT2D eigenvalue weighted by molar-refractivity contribution is 14.0. The maximum absolute atomic E-state index is 5.95. The van der Waals surface area contributed by atoms with Crippen LogP contribution in [0, 0.1) is 5.92 Å². The maximum Gasteiger partial charge on any atom is 0.218 e. The summed E-state index contributed by atoms with van der Waals surface area (Å²) in [6.45, 7) is 10.1. The van der Waals surface area contributed by atoms with E-state index in [2.05, 4.69) is 39.4 Å². The summed E-state index contributed by atoms with van der Waals surface area (Å²) < 4.78 is 11.9. The smallest absolute Gasteiger partial charge is 0.218 e. The standard InChI is InChI=1S/C24H35N5O2.HI/c1-19(2)16-29-12-13-30-22(17-29)15-28-24(25-3)27-14-21-10-7-11-26-23(21)31-18-20-8-5-4-6-9-20;/h4-11,19,22H,12-18H2,1-3H3,(H2,25,27,28);1H. The first-order chi connectivity index (χ1) is 15.1. The molecule has 0 aliphatic carbocycles. The molecule has 0 spiro atoms. The van der Waals surface area contributed by atoms with Crippen molar-refractivity contribution >= 4 is 29.9 Å². The van der Waals surface area contributed by atoms with Gasteiger partial charge in [0.25, 0.3) is 0 Å². The Morgan fingerprint density at radius 3 is 2.78 bits per heavy atom. The molecule has 1 aromatic carbocycles. The van der Waals surface area contributed by atoms with Gasteiger partial charge in [0, 0.05) is 51.5 Å². The fourth-order valence-corrected chi connectivity index (χ4v) is 3.61. The van der Waals surface area contributed by atoms with Gasteiger partial charge in [-0.05, 0) is 17.5 Å². The summed E-state index contributed by atoms with van der Waals surface area (Å²) in [6, 6.07) is 14.0. The molecule has 1 aliphatic heterocycles. The number of aromatic nitrogens is 1. The van der Waals surface area contributed by atoms with Crippen LogP contribution in [-0.2, 0) is 17.9 Å². The van der Waals surface area contributed by atoms with E-state index in [-0.39, 0.29) is 30.1 Å². The van der Waals surface area contributed by atoms with E-state index in [4.69, 9.17) is 9.47 Å². The number of hydrogen-bond acceptors (Lipinski definition) is 5. The Morgan fingerprint density at radius 1 is 1.22 bits per heavy atom. The highest BCUT2D eigenvalue weighted by Crippen LogP contribution is 2.16. The first kappa shape index (κ1) is 26.3. The van der Waals surface area contributed by atoms with Crippen molar-refractivity contribution < 1.29 is 9.47 Å². The summed E-state index contributed by atoms with van der Waals surface area (Å²) >= 11 is 0. The molecule has 0 amide bonds. The Bertz CT molecular complexity index is 819. The van der Waals surface area contributed by atoms with Crippen LogP contribution in [0.4, 0.5) is 0 Å². The van der Waals surface area contributed by atoms with Crippen LogP contribution < -0.4 is 15.4 Å². The molecule has 0 saturated carbocycles. The van der Waals surface area contributed by atoms with Gasteiger partial charge in [-0.3, -0.25) is 9.89 Å². The van der Waals surface area contributed by atoms with Crippen LogP contribution in [0.15, 0.2) is 53.7 Å². The van der Waals surface area contributed by atoms with Crippen LogP contribution in [0.2, 0.25) is 0 Å². The van der Waals surface area contributed by atoms with Crippen molar-refractivity contribution in [3.05, 3.63) is 59.8 Å². The minimum absolute atomic E-state index is 0. The average molecular weight is 553 g/mol. The van der Waals surface area contributed by atoms with E-state index in [1.807, 2.05) is 42.5 Å². The fraction of sp³-hybridized carbons (Fsp3) is 0.500. The van der Waals surface area contributed by atoms with Gasteiger partial charge in [0.05, 0.1) is 12.7 Å². The first-order valence-electron chi connectivity index (χ1n) is 11.0. The van der Waals surface area contributed by atoms with E-state index in [1.165, 1.54) is 0 Å². The lowest BCUT2D eigenvalue weighted by Crippen LogP contribution is -2.50. The molecule has 1 fully saturated rings. The highest BCUT2D eigenvalue weighted by atomic mass is 127. The molecule has 1 aromatic heterocycles. The molecule has 1 unspecified atom stereocenters. The van der Waals surface area contributed by atoms with Crippen molar-refractivity contribution in [1.29, 1.82) is 0 Å². The number of benzene rings is 1. The molecule has 0 radical (unpaired) electrons. The van der Waals surface area contributed by atoms with Gasteiger partial charge in [-0.15, -0.1) is 24.0 Å². The van der Waals surface area contributed by atoms with Gasteiger partial charge in [-0.25, -0.2) is 4.98 Å². The van der Waals surface area contributed by atoms with Crippen molar-refractivity contribution in [2.75, 3.05) is 39.8 Å². The molecule has 1 atom stereocenters. The summed E-state index contributed by atoms with van der Waals surface area (Å²) in [5, 5.41) is 6.74. The fourth-order valence-electron chi connectivity index (χ4n) is 3.61. The number of rotatable bonds is 9. The normalized spacial score (nSPS) is 17.0. The number of nitrogens with zero attached hydrogens (tertiary/aromatic N) is 3. The van der Waals surface area contributed by atoms with E-state index in [0.29, 0.717) is 24.9 Å². The third kappa shape index (κ3) is 8.91. The van der Waals surface area contributed by atoms with E-state index in [0.717, 1.165) is 49.9 Å². The summed E-state index contributed by atoms with van der Waals surface area (Å²) in [4.78, 5) is 11.2. The second-order valence-electron chi connectivity index (χ2n) is 8.19. The number of guanidine groups is 1. The van der Waals surface area contributed by atoms with Gasteiger partial charge in [0.2, 0.25) is 5.88 Å². The van der Waals surface area contributed by atoms with E-state index < -0.39 is 0 Å². The number of pyridine rings is 1. The maximum atomic E-state index is 5.95. The molecule has 1 aliphatic rings. The van der Waals surface area contributed by atoms with Gasteiger partial charge in [-0.2, -0.15) is 0 Å². The Labute approximate surface area is 209 Å². The van der Waals surface area contributed by atoms with Crippen molar-refractivity contribution in [1.82, 2.24) is 20.5 Å². The zero-order valence-corrected chi connectivity index (χ0v) is 21.6. The second kappa shape index (κ2) is 14.3. The molecule has 2 N–H and O–H groups in total. The molecular formula is C24H36IN5O2. The van der Waals surface area contributed by atoms with Crippen molar-refractivity contribution in [2.45, 2.75) is 33.1 Å². The average Bonchev–Trinajstić information content (AvgIpc) is 2.79. The number of nitrogens with one attached hydrogen (secondary N) is 2. The molecular weight excluding hydrogens is 517 g/mol. The Balaban J connectivity index is 0.00000363. The summed E-state index contributed by atoms with van der Waals surface area (Å²) in [5.74, 6) is 2.04. The minimum atomic E-state index is 0. The van der Waals surface area contributed by atoms with Gasteiger partial charge in [0.1, 0.15) is 6.61 Å². The van der Waals surface area contributed by atoms with E-state index in [1.54, 1.807) is 13.2 Å². The lowest BCUT2D eigenvalue weighted by Gasteiger charge is -2.34. The number of halogens is 1. The van der Waals surface area contributed by atoms with Crippen LogP contribution in [-0.4, -0.2) is 61.8 Å². The molecule has 7 nitrogen and oxygen atoms in total. The summed E-state index contributed by atoms with van der Waals surface area (Å²) in [7, 11) is 1.78. The van der Waals surface area contributed by atoms with Gasteiger partial charge >= 0.3 is 0 Å². The van der Waals surface area contributed by atoms with Gasteiger partial charge in [0.15, 0.2) is 5.96 Å². The zero-order chi connectivity index (χ0) is 21.9. The van der Waals surface area contributed by atoms with Crippen molar-refractivity contribution in [2.24, 2.45) is 10.9 Å². The molecule has 2 aromatic rings. The molecule has 176 valence electrons. The summed E-state index contributed by atoms with van der Waals surface area (Å²) in [6.07, 6.45) is 1.91. The quantitative estimate of drug-likeness (QED) is 0.282. The number of morpholine rings is 1. The van der Waals surface area contributed by atoms with Crippen LogP contribution >= 0.6 is 24.0 Å². The van der Waals surface area contributed by atoms with E-state index >= 15 is 0 Å². The monoisotopic (exact) mass is 553 g/mol. The highest BCUT2D eigenvalue weighted by Gasteiger charge is 2.21. The third-order valence-electron chi connectivity index (χ3n) is 5.08. The SMILES string of the molecule is CN=C(NCc1cccnc1OCc1ccccc1)NCC1CN(CC(C)C)CCO1.I. The number of ether oxygens (including phenoxy) is 2. The van der Waals surface area contributed by atoms with Gasteiger partial charge < -0.3 is 20.1 Å². The van der Waals surface area contributed by atoms with Crippen molar-refractivity contribution in [3.8, 4) is 5.88 Å². The van der Waals surface area contributed by atoms with Crippen LogP contribution in [0.1, 0.15) is 25.0 Å². The number of hydrogen-bond donors (Lipinski definition) is 2. The van der Waals surface area contributed by atoms with Crippen LogP contribution in [0.3, 0.4) is 0 Å². The van der Waals surface area contributed by atoms with Gasteiger partial charge in [-0.1, -0.05) is 50.2 Å². The molecule has 2 heterocycles. The van der Waals surface area contributed by atoms with Crippen LogP contribution in [0.25, 0.3) is 0 Å². The number of aliphatic imine (C=N–C) groups is 1. The Hall–Kier alpha value is -1.91. The minimum Gasteiger partial charge on any atom is -0.473 e. The molecule has 0 bridgehead atoms.